The minimum absolute atomic E-state index is 0.0788. The van der Waals surface area contributed by atoms with Crippen LogP contribution in [-0.2, 0) is 12.6 Å². The third kappa shape index (κ3) is 3.22. The van der Waals surface area contributed by atoms with Gasteiger partial charge in [0.25, 0.3) is 0 Å². The molecule has 1 aromatic heterocycles. The van der Waals surface area contributed by atoms with Crippen LogP contribution in [0.2, 0.25) is 5.02 Å². The molecule has 3 aromatic rings. The number of halogens is 4. The number of fused-ring (bicyclic) bond motifs is 2. The van der Waals surface area contributed by atoms with Gasteiger partial charge in [-0.25, -0.2) is 0 Å². The summed E-state index contributed by atoms with van der Waals surface area (Å²) in [6, 6.07) is 10.3. The van der Waals surface area contributed by atoms with E-state index >= 15 is 0 Å². The fraction of sp³-hybridized carbons (Fsp3) is 0.238. The summed E-state index contributed by atoms with van der Waals surface area (Å²) in [7, 11) is 1.74. The van der Waals surface area contributed by atoms with Gasteiger partial charge in [-0.15, -0.1) is 0 Å². The van der Waals surface area contributed by atoms with Crippen molar-refractivity contribution in [1.29, 1.82) is 0 Å². The molecule has 0 bridgehead atoms. The van der Waals surface area contributed by atoms with E-state index in [1.807, 2.05) is 0 Å². The molecule has 0 saturated heterocycles. The van der Waals surface area contributed by atoms with E-state index in [2.05, 4.69) is 10.3 Å². The molecule has 28 heavy (non-hydrogen) atoms. The number of alkyl halides is 3. The maximum atomic E-state index is 12.9. The lowest BCUT2D eigenvalue weighted by Crippen LogP contribution is -2.22. The minimum atomic E-state index is -4.38. The van der Waals surface area contributed by atoms with Crippen LogP contribution in [0.3, 0.4) is 0 Å². The van der Waals surface area contributed by atoms with Crippen LogP contribution in [0.25, 0.3) is 10.9 Å². The number of ketones is 1. The van der Waals surface area contributed by atoms with Crippen LogP contribution in [0.4, 0.5) is 18.9 Å². The molecule has 0 fully saturated rings. The Balaban J connectivity index is 1.76. The fourth-order valence-electron chi connectivity index (χ4n) is 3.81. The summed E-state index contributed by atoms with van der Waals surface area (Å²) < 4.78 is 38.4. The molecule has 1 aliphatic rings. The number of benzene rings is 2. The third-order valence-electron chi connectivity index (χ3n) is 5.13. The first-order valence-electron chi connectivity index (χ1n) is 8.78. The van der Waals surface area contributed by atoms with Crippen molar-refractivity contribution in [2.45, 2.75) is 24.9 Å². The van der Waals surface area contributed by atoms with Gasteiger partial charge in [0.1, 0.15) is 0 Å². The Morgan fingerprint density at radius 2 is 1.82 bits per heavy atom. The molecular weight excluding hydrogens is 389 g/mol. The molecule has 1 aliphatic carbocycles. The highest BCUT2D eigenvalue weighted by molar-refractivity contribution is 6.31. The summed E-state index contributed by atoms with van der Waals surface area (Å²) in [6.07, 6.45) is -3.67. The van der Waals surface area contributed by atoms with E-state index in [0.717, 1.165) is 17.5 Å². The van der Waals surface area contributed by atoms with Crippen molar-refractivity contribution in [2.24, 2.45) is 0 Å². The van der Waals surface area contributed by atoms with Crippen LogP contribution >= 0.6 is 11.6 Å². The highest BCUT2D eigenvalue weighted by Crippen LogP contribution is 2.39. The summed E-state index contributed by atoms with van der Waals surface area (Å²) in [5.41, 5.74) is 2.61. The smallest absolute Gasteiger partial charge is 0.387 e. The molecule has 0 radical (unpaired) electrons. The predicted octanol–water partition coefficient (Wildman–Crippen LogP) is 5.86. The second-order valence-corrected chi connectivity index (χ2v) is 7.30. The van der Waals surface area contributed by atoms with Crippen molar-refractivity contribution in [1.82, 2.24) is 4.98 Å². The van der Waals surface area contributed by atoms with Gasteiger partial charge in [0.2, 0.25) is 0 Å². The molecule has 1 unspecified atom stereocenters. The number of hydrogen-bond acceptors (Lipinski definition) is 3. The molecule has 1 atom stereocenters. The predicted molar refractivity (Wildman–Crippen MR) is 103 cm³/mol. The Morgan fingerprint density at radius 3 is 2.46 bits per heavy atom. The molecule has 144 valence electrons. The van der Waals surface area contributed by atoms with Crippen molar-refractivity contribution in [2.75, 3.05) is 12.4 Å². The molecule has 4 rings (SSSR count). The van der Waals surface area contributed by atoms with E-state index < -0.39 is 11.7 Å². The molecule has 3 nitrogen and oxygen atoms in total. The van der Waals surface area contributed by atoms with Gasteiger partial charge in [0.15, 0.2) is 5.78 Å². The van der Waals surface area contributed by atoms with E-state index in [-0.39, 0.29) is 18.1 Å². The normalized spacial score (nSPS) is 16.9. The Labute approximate surface area is 164 Å². The number of Topliss-reactive ketones (excluding diaryl/α,β-unsaturated/α-hetero) is 1. The largest absolute Gasteiger partial charge is 0.416 e. The Hall–Kier alpha value is -2.60. The van der Waals surface area contributed by atoms with Gasteiger partial charge in [0, 0.05) is 23.9 Å². The fourth-order valence-corrected chi connectivity index (χ4v) is 3.98. The Morgan fingerprint density at radius 1 is 1.11 bits per heavy atom. The molecule has 0 spiro atoms. The van der Waals surface area contributed by atoms with Crippen LogP contribution in [0.1, 0.15) is 39.5 Å². The van der Waals surface area contributed by atoms with E-state index in [1.165, 1.54) is 12.1 Å². The summed E-state index contributed by atoms with van der Waals surface area (Å²) in [5.74, 6) is -0.283. The Kier molecular flexibility index (Phi) is 4.54. The molecule has 2 aromatic carbocycles. The second-order valence-electron chi connectivity index (χ2n) is 6.87. The monoisotopic (exact) mass is 404 g/mol. The lowest BCUT2D eigenvalue weighted by molar-refractivity contribution is -0.137. The molecule has 1 N–H and O–H groups in total. The van der Waals surface area contributed by atoms with Crippen molar-refractivity contribution in [3.63, 3.8) is 0 Å². The van der Waals surface area contributed by atoms with Crippen LogP contribution < -0.4 is 5.32 Å². The number of pyridine rings is 1. The van der Waals surface area contributed by atoms with Crippen molar-refractivity contribution in [3.05, 3.63) is 69.9 Å². The Bertz CT molecular complexity index is 1080. The summed E-state index contributed by atoms with van der Waals surface area (Å²) in [4.78, 5) is 17.6. The van der Waals surface area contributed by atoms with E-state index in [9.17, 15) is 18.0 Å². The van der Waals surface area contributed by atoms with Gasteiger partial charge >= 0.3 is 6.18 Å². The number of nitrogens with zero attached hydrogens (tertiary/aromatic N) is 1. The first-order chi connectivity index (χ1) is 13.3. The zero-order valence-electron chi connectivity index (χ0n) is 14.9. The quantitative estimate of drug-likeness (QED) is 0.581. The average molecular weight is 405 g/mol. The van der Waals surface area contributed by atoms with Gasteiger partial charge in [-0.05, 0) is 48.2 Å². The van der Waals surface area contributed by atoms with Crippen LogP contribution in [0.5, 0.6) is 0 Å². The highest BCUT2D eigenvalue weighted by atomic mass is 35.5. The van der Waals surface area contributed by atoms with Crippen molar-refractivity contribution in [3.8, 4) is 0 Å². The van der Waals surface area contributed by atoms with Crippen molar-refractivity contribution < 1.29 is 18.0 Å². The zero-order valence-corrected chi connectivity index (χ0v) is 15.7. The van der Waals surface area contributed by atoms with E-state index in [1.54, 1.807) is 25.2 Å². The molecule has 1 heterocycles. The lowest BCUT2D eigenvalue weighted by atomic mass is 9.80. The maximum absolute atomic E-state index is 12.9. The number of aromatic nitrogens is 1. The van der Waals surface area contributed by atoms with Crippen LogP contribution in [-0.4, -0.2) is 17.8 Å². The van der Waals surface area contributed by atoms with E-state index in [4.69, 9.17) is 11.6 Å². The van der Waals surface area contributed by atoms with Crippen molar-refractivity contribution >= 4 is 34.0 Å². The molecule has 0 saturated carbocycles. The first kappa shape index (κ1) is 18.7. The number of anilines is 1. The number of hydrogen-bond donors (Lipinski definition) is 1. The molecule has 0 amide bonds. The number of carbonyl (C=O) groups excluding carboxylic acids is 1. The van der Waals surface area contributed by atoms with Gasteiger partial charge in [-0.1, -0.05) is 23.7 Å². The topological polar surface area (TPSA) is 42.0 Å². The highest BCUT2D eigenvalue weighted by Gasteiger charge is 2.33. The average Bonchev–Trinajstić information content (AvgIpc) is 2.66. The van der Waals surface area contributed by atoms with Crippen LogP contribution in [0, 0.1) is 0 Å². The standard InChI is InChI=1S/C21H16ClF3N2O/c1-26-20-15-10-14(22)6-7-16(15)27-17-8-12(9-18(28)19(17)20)11-2-4-13(5-3-11)21(23,24)25/h2-7,10,12H,8-9H2,1H3,(H,26,27). The lowest BCUT2D eigenvalue weighted by Gasteiger charge is -2.26. The summed E-state index contributed by atoms with van der Waals surface area (Å²) >= 11 is 6.09. The summed E-state index contributed by atoms with van der Waals surface area (Å²) in [6.45, 7) is 0. The van der Waals surface area contributed by atoms with Gasteiger partial charge in [-0.3, -0.25) is 9.78 Å². The minimum Gasteiger partial charge on any atom is -0.387 e. The van der Waals surface area contributed by atoms with Gasteiger partial charge in [0.05, 0.1) is 28.0 Å². The number of nitrogens with one attached hydrogen (secondary N) is 1. The third-order valence-corrected chi connectivity index (χ3v) is 5.37. The van der Waals surface area contributed by atoms with Gasteiger partial charge < -0.3 is 5.32 Å². The maximum Gasteiger partial charge on any atom is 0.416 e. The summed E-state index contributed by atoms with van der Waals surface area (Å²) in [5, 5.41) is 4.42. The van der Waals surface area contributed by atoms with E-state index in [0.29, 0.717) is 39.5 Å². The first-order valence-corrected chi connectivity index (χ1v) is 9.16. The van der Waals surface area contributed by atoms with Crippen LogP contribution in [0.15, 0.2) is 42.5 Å². The zero-order chi connectivity index (χ0) is 20.1. The van der Waals surface area contributed by atoms with Gasteiger partial charge in [-0.2, -0.15) is 13.2 Å². The number of carbonyl (C=O) groups is 1. The number of rotatable bonds is 2. The molecule has 7 heteroatoms. The second kappa shape index (κ2) is 6.78. The SMILES string of the molecule is CNc1c2c(nc3ccc(Cl)cc13)CC(c1ccc(C(F)(F)F)cc1)CC2=O. The molecular formula is C21H16ClF3N2O. The molecule has 0 aliphatic heterocycles.